The van der Waals surface area contributed by atoms with E-state index < -0.39 is 36.0 Å². The summed E-state index contributed by atoms with van der Waals surface area (Å²) in [6.07, 6.45) is -0.139. The number of carbonyl (C=O) groups is 1. The molecule has 7 nitrogen and oxygen atoms in total. The molecular weight excluding hydrogens is 506 g/mol. The lowest BCUT2D eigenvalue weighted by Crippen LogP contribution is -2.62. The predicted molar refractivity (Wildman–Crippen MR) is 150 cm³/mol. The molecule has 3 aromatic rings. The monoisotopic (exact) mass is 541 g/mol. The van der Waals surface area contributed by atoms with E-state index in [0.717, 1.165) is 16.7 Å². The second-order valence-corrected chi connectivity index (χ2v) is 10.4. The number of rotatable bonds is 12. The molecule has 1 amide bonds. The summed E-state index contributed by atoms with van der Waals surface area (Å²) in [6.45, 7) is 7.19. The van der Waals surface area contributed by atoms with E-state index >= 15 is 0 Å². The molecule has 1 aliphatic carbocycles. The van der Waals surface area contributed by atoms with Crippen molar-refractivity contribution < 1.29 is 28.5 Å². The van der Waals surface area contributed by atoms with Gasteiger partial charge in [0, 0.05) is 6.61 Å². The van der Waals surface area contributed by atoms with Gasteiger partial charge >= 0.3 is 6.09 Å². The largest absolute Gasteiger partial charge is 0.439 e. The Balaban J connectivity index is 1.41. The summed E-state index contributed by atoms with van der Waals surface area (Å²) in [7, 11) is 0. The van der Waals surface area contributed by atoms with E-state index in [1.54, 1.807) is 6.08 Å². The highest BCUT2D eigenvalue weighted by atomic mass is 16.7. The molecule has 1 saturated carbocycles. The van der Waals surface area contributed by atoms with Crippen LogP contribution in [0, 0.1) is 0 Å². The van der Waals surface area contributed by atoms with E-state index in [1.807, 2.05) is 103 Å². The van der Waals surface area contributed by atoms with Gasteiger partial charge in [-0.1, -0.05) is 97.1 Å². The fraction of sp³-hybridized carbons (Fsp3) is 0.364. The van der Waals surface area contributed by atoms with Crippen molar-refractivity contribution in [1.82, 2.24) is 4.90 Å². The molecule has 0 N–H and O–H groups in total. The van der Waals surface area contributed by atoms with Crippen LogP contribution in [0.3, 0.4) is 0 Å². The topological polar surface area (TPSA) is 69.8 Å². The Hall–Kier alpha value is -3.49. The molecule has 3 aromatic carbocycles. The molecule has 208 valence electrons. The SMILES string of the molecule is C=CCO[C@H]1[C@@H]2O[C@@H]2[C@@](COCc2ccccc2)(OCC)[C@@H]1N1C(=O)O[C@@H](c2ccccc2)[C@H]1c1ccccc1. The van der Waals surface area contributed by atoms with Crippen molar-refractivity contribution in [3.63, 3.8) is 0 Å². The number of fused-ring (bicyclic) bond motifs is 1. The van der Waals surface area contributed by atoms with Crippen molar-refractivity contribution in [2.45, 2.75) is 55.6 Å². The first kappa shape index (κ1) is 26.7. The van der Waals surface area contributed by atoms with Gasteiger partial charge in [-0.2, -0.15) is 0 Å². The van der Waals surface area contributed by atoms with Crippen molar-refractivity contribution in [3.8, 4) is 0 Å². The maximum Gasteiger partial charge on any atom is 0.411 e. The molecule has 2 aliphatic heterocycles. The van der Waals surface area contributed by atoms with Crippen LogP contribution in [0.5, 0.6) is 0 Å². The Morgan fingerprint density at radius 1 is 0.950 bits per heavy atom. The lowest BCUT2D eigenvalue weighted by Gasteiger charge is -2.44. The molecule has 0 bridgehead atoms. The molecule has 2 heterocycles. The summed E-state index contributed by atoms with van der Waals surface area (Å²) in [5.74, 6) is 0. The van der Waals surface area contributed by atoms with Gasteiger partial charge in [-0.3, -0.25) is 4.90 Å². The van der Waals surface area contributed by atoms with Crippen molar-refractivity contribution in [3.05, 3.63) is 120 Å². The van der Waals surface area contributed by atoms with Gasteiger partial charge in [-0.15, -0.1) is 6.58 Å². The predicted octanol–water partition coefficient (Wildman–Crippen LogP) is 5.63. The zero-order valence-corrected chi connectivity index (χ0v) is 22.6. The molecule has 7 atom stereocenters. The van der Waals surface area contributed by atoms with Gasteiger partial charge in [-0.05, 0) is 23.6 Å². The van der Waals surface area contributed by atoms with Crippen molar-refractivity contribution in [2.75, 3.05) is 19.8 Å². The van der Waals surface area contributed by atoms with Crippen LogP contribution in [-0.4, -0.2) is 60.8 Å². The van der Waals surface area contributed by atoms with Crippen molar-refractivity contribution in [1.29, 1.82) is 0 Å². The van der Waals surface area contributed by atoms with E-state index in [0.29, 0.717) is 19.8 Å². The summed E-state index contributed by atoms with van der Waals surface area (Å²) in [6, 6.07) is 29.0. The number of amides is 1. The summed E-state index contributed by atoms with van der Waals surface area (Å²) in [4.78, 5) is 15.8. The average Bonchev–Trinajstić information content (AvgIpc) is 3.67. The van der Waals surface area contributed by atoms with Crippen LogP contribution >= 0.6 is 0 Å². The van der Waals surface area contributed by atoms with E-state index in [2.05, 4.69) is 6.58 Å². The molecule has 40 heavy (non-hydrogen) atoms. The van der Waals surface area contributed by atoms with Gasteiger partial charge in [-0.25, -0.2) is 4.79 Å². The van der Waals surface area contributed by atoms with E-state index in [-0.39, 0.29) is 18.8 Å². The third-order valence-corrected chi connectivity index (χ3v) is 8.00. The highest BCUT2D eigenvalue weighted by molar-refractivity contribution is 5.73. The molecule has 7 heteroatoms. The Bertz CT molecular complexity index is 1290. The molecular formula is C33H35NO6. The number of hydrogen-bond donors (Lipinski definition) is 0. The highest BCUT2D eigenvalue weighted by Gasteiger charge is 2.75. The van der Waals surface area contributed by atoms with E-state index in [4.69, 9.17) is 23.7 Å². The lowest BCUT2D eigenvalue weighted by atomic mass is 9.89. The molecule has 0 aromatic heterocycles. The normalized spacial score (nSPS) is 30.6. The van der Waals surface area contributed by atoms with Crippen LogP contribution in [0.1, 0.15) is 35.8 Å². The second-order valence-electron chi connectivity index (χ2n) is 10.4. The minimum atomic E-state index is -0.947. The quantitative estimate of drug-likeness (QED) is 0.219. The minimum Gasteiger partial charge on any atom is -0.439 e. The molecule has 0 unspecified atom stereocenters. The van der Waals surface area contributed by atoms with Gasteiger partial charge in [0.15, 0.2) is 6.10 Å². The average molecular weight is 542 g/mol. The molecule has 0 radical (unpaired) electrons. The maximum atomic E-state index is 13.9. The van der Waals surface area contributed by atoms with Crippen LogP contribution in [0.25, 0.3) is 0 Å². The summed E-state index contributed by atoms with van der Waals surface area (Å²) < 4.78 is 31.6. The van der Waals surface area contributed by atoms with Gasteiger partial charge < -0.3 is 23.7 Å². The fourth-order valence-electron chi connectivity index (χ4n) is 6.36. The first-order valence-corrected chi connectivity index (χ1v) is 13.9. The van der Waals surface area contributed by atoms with Crippen LogP contribution in [0.2, 0.25) is 0 Å². The number of benzene rings is 3. The van der Waals surface area contributed by atoms with Crippen molar-refractivity contribution >= 4 is 6.09 Å². The Morgan fingerprint density at radius 3 is 2.25 bits per heavy atom. The van der Waals surface area contributed by atoms with Crippen LogP contribution in [0.15, 0.2) is 104 Å². The maximum absolute atomic E-state index is 13.9. The first-order valence-electron chi connectivity index (χ1n) is 13.9. The zero-order valence-electron chi connectivity index (χ0n) is 22.6. The fourth-order valence-corrected chi connectivity index (χ4v) is 6.36. The number of carbonyl (C=O) groups excluding carboxylic acids is 1. The Morgan fingerprint density at radius 2 is 1.60 bits per heavy atom. The van der Waals surface area contributed by atoms with Gasteiger partial charge in [0.25, 0.3) is 0 Å². The number of epoxide rings is 1. The molecule has 3 fully saturated rings. The Labute approximate surface area is 235 Å². The second kappa shape index (κ2) is 11.6. The first-order chi connectivity index (χ1) is 19.7. The zero-order chi connectivity index (χ0) is 27.5. The standard InChI is InChI=1S/C33H35NO6/c1-3-20-37-28-29-31(39-29)33(38-4-2,22-36-21-23-14-8-5-9-15-23)30(28)34-26(24-16-10-6-11-17-24)27(40-32(34)35)25-18-12-7-13-19-25/h3,5-19,26-31H,1,4,20-22H2,2H3/t26-,27+,28+,29+,30-,31+,33+/m1/s1. The lowest BCUT2D eigenvalue weighted by molar-refractivity contribution is -0.171. The summed E-state index contributed by atoms with van der Waals surface area (Å²) in [5.41, 5.74) is 2.01. The highest BCUT2D eigenvalue weighted by Crippen LogP contribution is 2.56. The number of hydrogen-bond acceptors (Lipinski definition) is 6. The van der Waals surface area contributed by atoms with Gasteiger partial charge in [0.2, 0.25) is 0 Å². The van der Waals surface area contributed by atoms with E-state index in [1.165, 1.54) is 0 Å². The van der Waals surface area contributed by atoms with Gasteiger partial charge in [0.1, 0.15) is 30.0 Å². The summed E-state index contributed by atoms with van der Waals surface area (Å²) in [5, 5.41) is 0. The van der Waals surface area contributed by atoms with Crippen LogP contribution in [-0.2, 0) is 30.3 Å². The van der Waals surface area contributed by atoms with Crippen molar-refractivity contribution in [2.24, 2.45) is 0 Å². The molecule has 3 aliphatic rings. The Kier molecular flexibility index (Phi) is 7.71. The number of cyclic esters (lactones) is 1. The third-order valence-electron chi connectivity index (χ3n) is 8.00. The van der Waals surface area contributed by atoms with E-state index in [9.17, 15) is 4.79 Å². The molecule has 6 rings (SSSR count). The number of ether oxygens (including phenoxy) is 5. The van der Waals surface area contributed by atoms with Crippen LogP contribution < -0.4 is 0 Å². The third kappa shape index (κ3) is 4.84. The van der Waals surface area contributed by atoms with Gasteiger partial charge in [0.05, 0.1) is 25.9 Å². The summed E-state index contributed by atoms with van der Waals surface area (Å²) >= 11 is 0. The van der Waals surface area contributed by atoms with Crippen LogP contribution in [0.4, 0.5) is 4.79 Å². The number of nitrogens with zero attached hydrogens (tertiary/aromatic N) is 1. The molecule has 2 saturated heterocycles. The smallest absolute Gasteiger partial charge is 0.411 e. The molecule has 0 spiro atoms. The minimum absolute atomic E-state index is 0.225.